The number of nitrogens with zero attached hydrogens (tertiary/aromatic N) is 1. The molecule has 0 fully saturated rings. The van der Waals surface area contributed by atoms with Crippen LogP contribution in [0.15, 0.2) is 0 Å². The van der Waals surface area contributed by atoms with Gasteiger partial charge < -0.3 is 15.3 Å². The number of carboxylic acids is 1. The van der Waals surface area contributed by atoms with E-state index in [4.69, 9.17) is 5.11 Å². The molecule has 0 aliphatic heterocycles. The molecule has 92 valence electrons. The summed E-state index contributed by atoms with van der Waals surface area (Å²) in [6, 6.07) is 0. The van der Waals surface area contributed by atoms with E-state index in [1.807, 2.05) is 0 Å². The number of aliphatic carboxylic acids is 1. The lowest BCUT2D eigenvalue weighted by molar-refractivity contribution is -0.156. The molecule has 0 aliphatic carbocycles. The first-order chi connectivity index (χ1) is 7.23. The highest BCUT2D eigenvalue weighted by atomic mass is 16.4. The van der Waals surface area contributed by atoms with Crippen LogP contribution in [0.3, 0.4) is 0 Å². The zero-order valence-electron chi connectivity index (χ0n) is 10.0. The Morgan fingerprint density at radius 1 is 1.31 bits per heavy atom. The van der Waals surface area contributed by atoms with Crippen LogP contribution >= 0.6 is 0 Å². The molecule has 2 amide bonds. The molecule has 0 bridgehead atoms. The number of carbonyl (C=O) groups excluding carboxylic acids is 2. The van der Waals surface area contributed by atoms with Gasteiger partial charge in [-0.05, 0) is 20.8 Å². The van der Waals surface area contributed by atoms with Crippen LogP contribution in [0, 0.1) is 0 Å². The van der Waals surface area contributed by atoms with Crippen molar-refractivity contribution < 1.29 is 19.5 Å². The molecule has 0 atom stereocenters. The summed E-state index contributed by atoms with van der Waals surface area (Å²) in [5.41, 5.74) is -1.27. The maximum absolute atomic E-state index is 11.7. The lowest BCUT2D eigenvalue weighted by Gasteiger charge is -2.34. The van der Waals surface area contributed by atoms with Crippen LogP contribution in [0.2, 0.25) is 0 Å². The number of carboxylic acid groups (broad SMARTS) is 1. The first-order valence-electron chi connectivity index (χ1n) is 5.01. The van der Waals surface area contributed by atoms with E-state index in [0.29, 0.717) is 0 Å². The third kappa shape index (κ3) is 3.52. The fraction of sp³-hybridized carbons (Fsp3) is 0.700. The van der Waals surface area contributed by atoms with Crippen molar-refractivity contribution in [3.63, 3.8) is 0 Å². The van der Waals surface area contributed by atoms with Gasteiger partial charge in [-0.25, -0.2) is 4.79 Å². The zero-order chi connectivity index (χ0) is 12.9. The maximum Gasteiger partial charge on any atom is 0.329 e. The predicted molar refractivity (Wildman–Crippen MR) is 57.8 cm³/mol. The third-order valence-electron chi connectivity index (χ3n) is 2.30. The number of amides is 2. The van der Waals surface area contributed by atoms with Gasteiger partial charge in [0.15, 0.2) is 0 Å². The Kier molecular flexibility index (Phi) is 4.94. The molecule has 0 unspecified atom stereocenters. The molecule has 16 heavy (non-hydrogen) atoms. The highest BCUT2D eigenvalue weighted by Gasteiger charge is 2.36. The monoisotopic (exact) mass is 230 g/mol. The fourth-order valence-electron chi connectivity index (χ4n) is 1.29. The Balaban J connectivity index is 4.67. The summed E-state index contributed by atoms with van der Waals surface area (Å²) in [7, 11) is 0. The van der Waals surface area contributed by atoms with E-state index in [0.717, 1.165) is 0 Å². The SMILES string of the molecule is CCN(C(=O)CNC(C)=O)C(C)(C)C(=O)O. The molecule has 0 spiro atoms. The minimum absolute atomic E-state index is 0.181. The van der Waals surface area contributed by atoms with Gasteiger partial charge in [0.25, 0.3) is 0 Å². The van der Waals surface area contributed by atoms with Gasteiger partial charge in [-0.2, -0.15) is 0 Å². The van der Waals surface area contributed by atoms with Crippen LogP contribution in [0.4, 0.5) is 0 Å². The molecule has 0 radical (unpaired) electrons. The van der Waals surface area contributed by atoms with E-state index in [1.165, 1.54) is 25.7 Å². The van der Waals surface area contributed by atoms with E-state index in [9.17, 15) is 14.4 Å². The first kappa shape index (κ1) is 14.4. The average Bonchev–Trinajstić information content (AvgIpc) is 2.15. The van der Waals surface area contributed by atoms with E-state index < -0.39 is 17.4 Å². The van der Waals surface area contributed by atoms with Crippen molar-refractivity contribution in [1.82, 2.24) is 10.2 Å². The second-order valence-corrected chi connectivity index (χ2v) is 3.91. The number of hydrogen-bond acceptors (Lipinski definition) is 3. The van der Waals surface area contributed by atoms with Crippen LogP contribution in [0.25, 0.3) is 0 Å². The smallest absolute Gasteiger partial charge is 0.329 e. The largest absolute Gasteiger partial charge is 0.480 e. The molecule has 0 aromatic rings. The average molecular weight is 230 g/mol. The summed E-state index contributed by atoms with van der Waals surface area (Å²) in [6.07, 6.45) is 0. The zero-order valence-corrected chi connectivity index (χ0v) is 10.0. The lowest BCUT2D eigenvalue weighted by Crippen LogP contribution is -2.55. The van der Waals surface area contributed by atoms with Crippen LogP contribution in [-0.2, 0) is 14.4 Å². The van der Waals surface area contributed by atoms with Crippen molar-refractivity contribution in [3.05, 3.63) is 0 Å². The quantitative estimate of drug-likeness (QED) is 0.686. The molecule has 0 saturated heterocycles. The van der Waals surface area contributed by atoms with Gasteiger partial charge in [0.1, 0.15) is 5.54 Å². The lowest BCUT2D eigenvalue weighted by atomic mass is 10.0. The van der Waals surface area contributed by atoms with Gasteiger partial charge in [-0.3, -0.25) is 9.59 Å². The van der Waals surface area contributed by atoms with Gasteiger partial charge >= 0.3 is 5.97 Å². The Hall–Kier alpha value is -1.59. The summed E-state index contributed by atoms with van der Waals surface area (Å²) in [4.78, 5) is 34.5. The topological polar surface area (TPSA) is 86.7 Å². The van der Waals surface area contributed by atoms with E-state index in [-0.39, 0.29) is 19.0 Å². The second kappa shape index (κ2) is 5.48. The number of rotatable bonds is 5. The minimum atomic E-state index is -1.27. The summed E-state index contributed by atoms with van der Waals surface area (Å²) >= 11 is 0. The Morgan fingerprint density at radius 3 is 2.12 bits per heavy atom. The Labute approximate surface area is 94.6 Å². The Bertz CT molecular complexity index is 299. The van der Waals surface area contributed by atoms with E-state index >= 15 is 0 Å². The summed E-state index contributed by atoms with van der Waals surface area (Å²) < 4.78 is 0. The summed E-state index contributed by atoms with van der Waals surface area (Å²) in [5, 5.41) is 11.3. The number of hydrogen-bond donors (Lipinski definition) is 2. The Morgan fingerprint density at radius 2 is 1.81 bits per heavy atom. The molecule has 0 rings (SSSR count). The summed E-state index contributed by atoms with van der Waals surface area (Å²) in [6.45, 7) is 5.98. The standard InChI is InChI=1S/C10H18N2O4/c1-5-12(10(3,4)9(15)16)8(14)6-11-7(2)13/h5-6H2,1-4H3,(H,11,13)(H,15,16). The molecule has 6 nitrogen and oxygen atoms in total. The third-order valence-corrected chi connectivity index (χ3v) is 2.30. The van der Waals surface area contributed by atoms with Gasteiger partial charge in [-0.1, -0.05) is 0 Å². The predicted octanol–water partition coefficient (Wildman–Crippen LogP) is -0.166. The van der Waals surface area contributed by atoms with Crippen molar-refractivity contribution in [2.45, 2.75) is 33.2 Å². The van der Waals surface area contributed by atoms with E-state index in [2.05, 4.69) is 5.32 Å². The minimum Gasteiger partial charge on any atom is -0.480 e. The van der Waals surface area contributed by atoms with Gasteiger partial charge in [0, 0.05) is 13.5 Å². The highest BCUT2D eigenvalue weighted by molar-refractivity contribution is 5.89. The van der Waals surface area contributed by atoms with Crippen molar-refractivity contribution >= 4 is 17.8 Å². The van der Waals surface area contributed by atoms with E-state index in [1.54, 1.807) is 6.92 Å². The van der Waals surface area contributed by atoms with Crippen LogP contribution in [0.5, 0.6) is 0 Å². The van der Waals surface area contributed by atoms with Crippen molar-refractivity contribution in [2.75, 3.05) is 13.1 Å². The van der Waals surface area contributed by atoms with Crippen LogP contribution < -0.4 is 5.32 Å². The van der Waals surface area contributed by atoms with Gasteiger partial charge in [0.05, 0.1) is 6.54 Å². The van der Waals surface area contributed by atoms with Gasteiger partial charge in [0.2, 0.25) is 11.8 Å². The number of carbonyl (C=O) groups is 3. The molecule has 0 aromatic heterocycles. The second-order valence-electron chi connectivity index (χ2n) is 3.91. The first-order valence-corrected chi connectivity index (χ1v) is 5.01. The number of likely N-dealkylation sites (N-methyl/N-ethyl adjacent to an activating group) is 1. The molecule has 2 N–H and O–H groups in total. The number of nitrogens with one attached hydrogen (secondary N) is 1. The fourth-order valence-corrected chi connectivity index (χ4v) is 1.29. The molecular formula is C10H18N2O4. The van der Waals surface area contributed by atoms with Crippen LogP contribution in [0.1, 0.15) is 27.7 Å². The molecule has 0 heterocycles. The maximum atomic E-state index is 11.7. The molecule has 0 saturated carbocycles. The molecule has 0 aliphatic rings. The van der Waals surface area contributed by atoms with Crippen molar-refractivity contribution in [2.24, 2.45) is 0 Å². The summed E-state index contributed by atoms with van der Waals surface area (Å²) in [5.74, 6) is -1.81. The molecular weight excluding hydrogens is 212 g/mol. The molecule has 6 heteroatoms. The van der Waals surface area contributed by atoms with Crippen molar-refractivity contribution in [3.8, 4) is 0 Å². The molecule has 0 aromatic carbocycles. The normalized spacial score (nSPS) is 10.8. The van der Waals surface area contributed by atoms with Crippen LogP contribution in [-0.4, -0.2) is 46.4 Å². The van der Waals surface area contributed by atoms with Crippen molar-refractivity contribution in [1.29, 1.82) is 0 Å². The van der Waals surface area contributed by atoms with Gasteiger partial charge in [-0.15, -0.1) is 0 Å². The highest BCUT2D eigenvalue weighted by Crippen LogP contribution is 2.14.